The molecule has 0 aliphatic carbocycles. The lowest BCUT2D eigenvalue weighted by molar-refractivity contribution is -0.129. The Bertz CT molecular complexity index is 1290. The van der Waals surface area contributed by atoms with Gasteiger partial charge in [-0.05, 0) is 61.4 Å². The average Bonchev–Trinajstić information content (AvgIpc) is 3.05. The first-order chi connectivity index (χ1) is 16.2. The van der Waals surface area contributed by atoms with Crippen molar-refractivity contribution in [2.24, 2.45) is 10.7 Å². The molecule has 3 aromatic rings. The van der Waals surface area contributed by atoms with Gasteiger partial charge in [-0.2, -0.15) is 4.39 Å². The first-order valence-corrected chi connectivity index (χ1v) is 10.7. The predicted octanol–water partition coefficient (Wildman–Crippen LogP) is 3.51. The molecule has 1 aliphatic rings. The Morgan fingerprint density at radius 2 is 1.85 bits per heavy atom. The highest BCUT2D eigenvalue weighted by molar-refractivity contribution is 6.09. The Morgan fingerprint density at radius 1 is 1.15 bits per heavy atom. The molecule has 1 aromatic heterocycles. The second-order valence-corrected chi connectivity index (χ2v) is 7.94. The number of carbonyl (C=O) groups excluding carboxylic acids is 1. The van der Waals surface area contributed by atoms with Crippen molar-refractivity contribution in [1.29, 1.82) is 0 Å². The molecule has 9 heteroatoms. The van der Waals surface area contributed by atoms with E-state index < -0.39 is 29.3 Å². The lowest BCUT2D eigenvalue weighted by Gasteiger charge is -2.28. The molecular formula is C25H24F2N4O3. The molecule has 0 saturated carbocycles. The zero-order valence-corrected chi connectivity index (χ0v) is 18.9. The van der Waals surface area contributed by atoms with E-state index in [4.69, 9.17) is 10.5 Å². The number of aliphatic imine (C=N–C) groups is 1. The SMILES string of the molecule is CCOc1ccc(C2(c3ccc(F)c(-c4cccnc4F)c3)N=C(N)N(C)C2=O)cc1C(C)O. The summed E-state index contributed by atoms with van der Waals surface area (Å²) in [5.41, 5.74) is 5.37. The minimum Gasteiger partial charge on any atom is -0.493 e. The largest absolute Gasteiger partial charge is 0.493 e. The number of benzene rings is 2. The second kappa shape index (κ2) is 8.83. The van der Waals surface area contributed by atoms with E-state index in [1.54, 1.807) is 25.1 Å². The number of hydrogen-bond acceptors (Lipinski definition) is 6. The van der Waals surface area contributed by atoms with E-state index in [1.807, 2.05) is 6.92 Å². The third kappa shape index (κ3) is 3.67. The summed E-state index contributed by atoms with van der Waals surface area (Å²) in [6, 6.07) is 11.8. The van der Waals surface area contributed by atoms with E-state index in [9.17, 15) is 18.7 Å². The summed E-state index contributed by atoms with van der Waals surface area (Å²) in [7, 11) is 1.48. The topological polar surface area (TPSA) is 101 Å². The maximum atomic E-state index is 14.8. The maximum absolute atomic E-state index is 14.8. The summed E-state index contributed by atoms with van der Waals surface area (Å²) in [6.07, 6.45) is 0.363. The summed E-state index contributed by atoms with van der Waals surface area (Å²) < 4.78 is 34.8. The zero-order valence-electron chi connectivity index (χ0n) is 18.9. The minimum atomic E-state index is -1.67. The van der Waals surface area contributed by atoms with Crippen LogP contribution in [0.5, 0.6) is 5.75 Å². The number of carbonyl (C=O) groups is 1. The van der Waals surface area contributed by atoms with Crippen molar-refractivity contribution in [3.63, 3.8) is 0 Å². The maximum Gasteiger partial charge on any atom is 0.266 e. The summed E-state index contributed by atoms with van der Waals surface area (Å²) in [5, 5.41) is 10.3. The Kier molecular flexibility index (Phi) is 6.05. The van der Waals surface area contributed by atoms with Crippen LogP contribution in [-0.4, -0.2) is 40.5 Å². The van der Waals surface area contributed by atoms with E-state index in [0.29, 0.717) is 23.5 Å². The smallest absolute Gasteiger partial charge is 0.266 e. The van der Waals surface area contributed by atoms with Crippen molar-refractivity contribution in [3.05, 3.63) is 83.2 Å². The summed E-state index contributed by atoms with van der Waals surface area (Å²) in [6.45, 7) is 3.78. The van der Waals surface area contributed by atoms with Gasteiger partial charge in [-0.3, -0.25) is 9.69 Å². The molecule has 2 aromatic carbocycles. The third-order valence-corrected chi connectivity index (χ3v) is 5.85. The van der Waals surface area contributed by atoms with Crippen molar-refractivity contribution >= 4 is 11.9 Å². The van der Waals surface area contributed by atoms with Crippen molar-refractivity contribution in [2.45, 2.75) is 25.5 Å². The molecule has 176 valence electrons. The molecule has 7 nitrogen and oxygen atoms in total. The van der Waals surface area contributed by atoms with Crippen molar-refractivity contribution in [1.82, 2.24) is 9.88 Å². The van der Waals surface area contributed by atoms with Crippen molar-refractivity contribution < 1.29 is 23.4 Å². The van der Waals surface area contributed by atoms with Crippen LogP contribution < -0.4 is 10.5 Å². The number of rotatable bonds is 6. The number of ether oxygens (including phenoxy) is 1. The van der Waals surface area contributed by atoms with E-state index in [2.05, 4.69) is 9.98 Å². The Balaban J connectivity index is 1.99. The van der Waals surface area contributed by atoms with Gasteiger partial charge in [0.25, 0.3) is 5.91 Å². The van der Waals surface area contributed by atoms with Crippen LogP contribution in [0.1, 0.15) is 36.6 Å². The molecule has 2 atom stereocenters. The predicted molar refractivity (Wildman–Crippen MR) is 123 cm³/mol. The average molecular weight is 466 g/mol. The molecule has 1 amide bonds. The van der Waals surface area contributed by atoms with Gasteiger partial charge < -0.3 is 15.6 Å². The standard InChI is InChI=1S/C25H24F2N4O3/c1-4-34-21-10-8-16(12-18(21)14(2)32)25(23(33)31(3)24(28)30-25)15-7-9-20(26)19(13-15)17-6-5-11-29-22(17)27/h5-14,32H,4H2,1-3H3,(H2,28,30). The van der Waals surface area contributed by atoms with E-state index in [0.717, 1.165) is 6.07 Å². The first-order valence-electron chi connectivity index (χ1n) is 10.7. The molecular weight excluding hydrogens is 442 g/mol. The normalized spacial score (nSPS) is 18.7. The Hall–Kier alpha value is -3.85. The molecule has 0 spiro atoms. The highest BCUT2D eigenvalue weighted by Crippen LogP contribution is 2.43. The van der Waals surface area contributed by atoms with Crippen LogP contribution in [0.4, 0.5) is 8.78 Å². The molecule has 2 unspecified atom stereocenters. The third-order valence-electron chi connectivity index (χ3n) is 5.85. The number of hydrogen-bond donors (Lipinski definition) is 2. The monoisotopic (exact) mass is 466 g/mol. The number of aromatic nitrogens is 1. The van der Waals surface area contributed by atoms with Crippen LogP contribution in [-0.2, 0) is 10.3 Å². The van der Waals surface area contributed by atoms with E-state index in [-0.39, 0.29) is 22.6 Å². The molecule has 3 N–H and O–H groups in total. The van der Waals surface area contributed by atoms with Gasteiger partial charge in [-0.15, -0.1) is 0 Å². The van der Waals surface area contributed by atoms with Gasteiger partial charge in [0.05, 0.1) is 12.7 Å². The molecule has 0 fully saturated rings. The number of halogens is 2. The zero-order chi connectivity index (χ0) is 24.6. The van der Waals surface area contributed by atoms with Gasteiger partial charge in [0, 0.05) is 29.9 Å². The minimum absolute atomic E-state index is 0.0316. The molecule has 0 radical (unpaired) electrons. The number of nitrogens with zero attached hydrogens (tertiary/aromatic N) is 3. The molecule has 4 rings (SSSR count). The fourth-order valence-corrected chi connectivity index (χ4v) is 4.11. The fraction of sp³-hybridized carbons (Fsp3) is 0.240. The summed E-state index contributed by atoms with van der Waals surface area (Å²) >= 11 is 0. The van der Waals surface area contributed by atoms with Gasteiger partial charge in [-0.25, -0.2) is 14.4 Å². The number of guanidine groups is 1. The molecule has 0 bridgehead atoms. The number of pyridine rings is 1. The Morgan fingerprint density at radius 3 is 2.47 bits per heavy atom. The van der Waals surface area contributed by atoms with Gasteiger partial charge in [0.1, 0.15) is 11.6 Å². The summed E-state index contributed by atoms with van der Waals surface area (Å²) in [5.74, 6) is -1.57. The van der Waals surface area contributed by atoms with Crippen LogP contribution in [0.2, 0.25) is 0 Å². The lowest BCUT2D eigenvalue weighted by atomic mass is 9.80. The van der Waals surface area contributed by atoms with Crippen molar-refractivity contribution in [2.75, 3.05) is 13.7 Å². The van der Waals surface area contributed by atoms with Gasteiger partial charge in [0.2, 0.25) is 5.95 Å². The number of aliphatic hydroxyl groups excluding tert-OH is 1. The molecule has 34 heavy (non-hydrogen) atoms. The first kappa shape index (κ1) is 23.3. The van der Waals surface area contributed by atoms with E-state index >= 15 is 0 Å². The quantitative estimate of drug-likeness (QED) is 0.542. The van der Waals surface area contributed by atoms with Crippen LogP contribution in [0.3, 0.4) is 0 Å². The number of amides is 1. The van der Waals surface area contributed by atoms with E-state index in [1.165, 1.54) is 42.4 Å². The number of likely N-dealkylation sites (N-methyl/N-ethyl adjacent to an activating group) is 1. The number of nitrogens with two attached hydrogens (primary N) is 1. The van der Waals surface area contributed by atoms with Crippen molar-refractivity contribution in [3.8, 4) is 16.9 Å². The molecule has 1 aliphatic heterocycles. The number of aliphatic hydroxyl groups is 1. The lowest BCUT2D eigenvalue weighted by Crippen LogP contribution is -2.41. The molecule has 0 saturated heterocycles. The Labute approximate surface area is 195 Å². The van der Waals surface area contributed by atoms with Crippen LogP contribution in [0.25, 0.3) is 11.1 Å². The molecule has 2 heterocycles. The van der Waals surface area contributed by atoms with Crippen LogP contribution in [0, 0.1) is 11.8 Å². The van der Waals surface area contributed by atoms with Gasteiger partial charge in [0.15, 0.2) is 11.5 Å². The van der Waals surface area contributed by atoms with Gasteiger partial charge in [-0.1, -0.05) is 12.1 Å². The second-order valence-electron chi connectivity index (χ2n) is 7.94. The van der Waals surface area contributed by atoms with Gasteiger partial charge >= 0.3 is 0 Å². The van der Waals surface area contributed by atoms with Crippen LogP contribution in [0.15, 0.2) is 59.7 Å². The highest BCUT2D eigenvalue weighted by Gasteiger charge is 2.50. The fourth-order valence-electron chi connectivity index (χ4n) is 4.11. The summed E-state index contributed by atoms with van der Waals surface area (Å²) in [4.78, 5) is 22.9. The van der Waals surface area contributed by atoms with Crippen LogP contribution >= 0.6 is 0 Å². The highest BCUT2D eigenvalue weighted by atomic mass is 19.1.